The zero-order valence-corrected chi connectivity index (χ0v) is 20.4. The molecule has 0 spiro atoms. The number of benzene rings is 3. The summed E-state index contributed by atoms with van der Waals surface area (Å²) in [5.41, 5.74) is 1.83. The van der Waals surface area contributed by atoms with Crippen molar-refractivity contribution in [1.82, 2.24) is 0 Å². The molecule has 0 aliphatic carbocycles. The van der Waals surface area contributed by atoms with Crippen molar-refractivity contribution in [2.24, 2.45) is 5.92 Å². The van der Waals surface area contributed by atoms with Gasteiger partial charge in [-0.2, -0.15) is 0 Å². The van der Waals surface area contributed by atoms with E-state index < -0.39 is 29.4 Å². The summed E-state index contributed by atoms with van der Waals surface area (Å²) in [6, 6.07) is 12.8. The van der Waals surface area contributed by atoms with Crippen LogP contribution in [0.1, 0.15) is 69.6 Å². The normalized spacial score (nSPS) is 18.1. The summed E-state index contributed by atoms with van der Waals surface area (Å²) in [6.07, 6.45) is 5.61. The van der Waals surface area contributed by atoms with Crippen LogP contribution in [0.3, 0.4) is 0 Å². The molecule has 4 rings (SSSR count). The summed E-state index contributed by atoms with van der Waals surface area (Å²) in [4.78, 5) is 0. The van der Waals surface area contributed by atoms with E-state index in [0.29, 0.717) is 42.1 Å². The monoisotopic (exact) mass is 484 g/mol. The molecule has 1 aliphatic heterocycles. The van der Waals surface area contributed by atoms with Gasteiger partial charge in [0.05, 0.1) is 6.10 Å². The zero-order chi connectivity index (χ0) is 24.9. The predicted octanol–water partition coefficient (Wildman–Crippen LogP) is 9.19. The first-order chi connectivity index (χ1) is 16.9. The number of hydrogen-bond donors (Lipinski definition) is 0. The molecule has 0 N–H and O–H groups in total. The van der Waals surface area contributed by atoms with Crippen LogP contribution in [0.25, 0.3) is 22.3 Å². The van der Waals surface area contributed by atoms with Crippen molar-refractivity contribution in [1.29, 1.82) is 0 Å². The molecule has 1 aliphatic rings. The van der Waals surface area contributed by atoms with E-state index >= 15 is 0 Å². The first-order valence-electron chi connectivity index (χ1n) is 12.6. The van der Waals surface area contributed by atoms with Gasteiger partial charge in [0.25, 0.3) is 0 Å². The lowest BCUT2D eigenvalue weighted by molar-refractivity contribution is -0.0144. The van der Waals surface area contributed by atoms with Gasteiger partial charge in [-0.15, -0.1) is 0 Å². The fraction of sp³-hybridized carbons (Fsp3) is 0.400. The number of halogens is 4. The Hall–Kier alpha value is -2.66. The van der Waals surface area contributed by atoms with E-state index in [1.54, 1.807) is 48.5 Å². The van der Waals surface area contributed by atoms with Gasteiger partial charge in [0.15, 0.2) is 23.3 Å². The van der Waals surface area contributed by atoms with E-state index in [2.05, 4.69) is 13.8 Å². The lowest BCUT2D eigenvalue weighted by Gasteiger charge is -2.27. The Morgan fingerprint density at radius 1 is 0.714 bits per heavy atom. The fourth-order valence-electron chi connectivity index (χ4n) is 4.74. The van der Waals surface area contributed by atoms with Gasteiger partial charge in [-0.1, -0.05) is 81.6 Å². The van der Waals surface area contributed by atoms with Gasteiger partial charge < -0.3 is 4.74 Å². The van der Waals surface area contributed by atoms with Crippen LogP contribution < -0.4 is 0 Å². The van der Waals surface area contributed by atoms with Crippen molar-refractivity contribution in [3.05, 3.63) is 82.9 Å². The average Bonchev–Trinajstić information content (AvgIpc) is 2.87. The summed E-state index contributed by atoms with van der Waals surface area (Å²) < 4.78 is 65.0. The van der Waals surface area contributed by atoms with E-state index in [1.807, 2.05) is 0 Å². The number of hydrogen-bond acceptors (Lipinski definition) is 1. The van der Waals surface area contributed by atoms with Crippen molar-refractivity contribution < 1.29 is 22.3 Å². The van der Waals surface area contributed by atoms with E-state index in [-0.39, 0.29) is 16.7 Å². The molecule has 35 heavy (non-hydrogen) atoms. The van der Waals surface area contributed by atoms with E-state index in [0.717, 1.165) is 32.1 Å². The molecule has 1 nitrogen and oxygen atoms in total. The maximum absolute atomic E-state index is 15.0. The van der Waals surface area contributed by atoms with E-state index in [1.165, 1.54) is 0 Å². The van der Waals surface area contributed by atoms with Gasteiger partial charge >= 0.3 is 0 Å². The van der Waals surface area contributed by atoms with Crippen LogP contribution in [0.15, 0.2) is 48.5 Å². The number of aryl methyl sites for hydroxylation is 1. The Kier molecular flexibility index (Phi) is 8.27. The SMILES string of the molecule is CCCCCCc1ccc(-c2ccc(-c3ccc(C4CCC(C)CO4)c(F)c3F)cc2)c(F)c1F. The number of rotatable bonds is 8. The summed E-state index contributed by atoms with van der Waals surface area (Å²) >= 11 is 0. The third kappa shape index (κ3) is 5.61. The van der Waals surface area contributed by atoms with E-state index in [9.17, 15) is 17.6 Å². The smallest absolute Gasteiger partial charge is 0.167 e. The molecule has 3 aromatic rings. The maximum atomic E-state index is 15.0. The predicted molar refractivity (Wildman–Crippen MR) is 132 cm³/mol. The van der Waals surface area contributed by atoms with Gasteiger partial charge in [0, 0.05) is 23.3 Å². The molecule has 2 unspecified atom stereocenters. The topological polar surface area (TPSA) is 9.23 Å². The van der Waals surface area contributed by atoms with Crippen LogP contribution >= 0.6 is 0 Å². The molecular weight excluding hydrogens is 452 g/mol. The van der Waals surface area contributed by atoms with Gasteiger partial charge in [-0.05, 0) is 48.3 Å². The summed E-state index contributed by atoms with van der Waals surface area (Å²) in [5, 5.41) is 0. The highest BCUT2D eigenvalue weighted by molar-refractivity contribution is 5.71. The van der Waals surface area contributed by atoms with Crippen LogP contribution in [-0.2, 0) is 11.2 Å². The van der Waals surface area contributed by atoms with Gasteiger partial charge in [-0.3, -0.25) is 0 Å². The first kappa shape index (κ1) is 25.4. The molecule has 0 amide bonds. The minimum absolute atomic E-state index is 0.121. The molecule has 0 aromatic heterocycles. The number of unbranched alkanes of at least 4 members (excludes halogenated alkanes) is 3. The Morgan fingerprint density at radius 2 is 1.34 bits per heavy atom. The van der Waals surface area contributed by atoms with Crippen molar-refractivity contribution >= 4 is 0 Å². The zero-order valence-electron chi connectivity index (χ0n) is 20.4. The standard InChI is InChI=1S/C30H32F4O/c1-3-4-5-6-7-22-13-14-23(28(32)27(22)31)20-9-11-21(12-10-20)24-15-16-25(30(34)29(24)33)26-17-8-19(2)18-35-26/h9-16,19,26H,3-8,17-18H2,1-2H3. The number of ether oxygens (including phenoxy) is 1. The second-order valence-electron chi connectivity index (χ2n) is 9.62. The van der Waals surface area contributed by atoms with Crippen molar-refractivity contribution in [2.45, 2.75) is 64.9 Å². The lowest BCUT2D eigenvalue weighted by Crippen LogP contribution is -2.19. The van der Waals surface area contributed by atoms with Gasteiger partial charge in [0.1, 0.15) is 0 Å². The largest absolute Gasteiger partial charge is 0.373 e. The third-order valence-corrected chi connectivity index (χ3v) is 6.93. The Labute approximate surface area is 205 Å². The average molecular weight is 485 g/mol. The molecule has 2 atom stereocenters. The summed E-state index contributed by atoms with van der Waals surface area (Å²) in [7, 11) is 0. The molecule has 0 saturated carbocycles. The third-order valence-electron chi connectivity index (χ3n) is 6.93. The van der Waals surface area contributed by atoms with Crippen LogP contribution in [0.2, 0.25) is 0 Å². The molecule has 0 radical (unpaired) electrons. The van der Waals surface area contributed by atoms with Gasteiger partial charge in [-0.25, -0.2) is 17.6 Å². The van der Waals surface area contributed by atoms with Crippen LogP contribution in [0.4, 0.5) is 17.6 Å². The highest BCUT2D eigenvalue weighted by Gasteiger charge is 2.26. The lowest BCUT2D eigenvalue weighted by atomic mass is 9.93. The molecule has 1 saturated heterocycles. The van der Waals surface area contributed by atoms with Crippen molar-refractivity contribution in [3.8, 4) is 22.3 Å². The first-order valence-corrected chi connectivity index (χ1v) is 12.6. The molecule has 1 heterocycles. The molecule has 0 bridgehead atoms. The maximum Gasteiger partial charge on any atom is 0.167 e. The second kappa shape index (κ2) is 11.4. The highest BCUT2D eigenvalue weighted by atomic mass is 19.2. The van der Waals surface area contributed by atoms with Crippen LogP contribution in [0, 0.1) is 29.2 Å². The molecule has 3 aromatic carbocycles. The Balaban J connectivity index is 1.53. The molecular formula is C30H32F4O. The quantitative estimate of drug-likeness (QED) is 0.229. The minimum atomic E-state index is -0.929. The fourth-order valence-corrected chi connectivity index (χ4v) is 4.74. The molecule has 186 valence electrons. The van der Waals surface area contributed by atoms with Crippen molar-refractivity contribution in [3.63, 3.8) is 0 Å². The minimum Gasteiger partial charge on any atom is -0.373 e. The van der Waals surface area contributed by atoms with Crippen LogP contribution in [0.5, 0.6) is 0 Å². The van der Waals surface area contributed by atoms with Crippen molar-refractivity contribution in [2.75, 3.05) is 6.61 Å². The van der Waals surface area contributed by atoms with Gasteiger partial charge in [0.2, 0.25) is 0 Å². The Morgan fingerprint density at radius 3 is 1.94 bits per heavy atom. The second-order valence-corrected chi connectivity index (χ2v) is 9.62. The summed E-state index contributed by atoms with van der Waals surface area (Å²) in [5.74, 6) is -3.10. The molecule has 1 fully saturated rings. The Bertz CT molecular complexity index is 1150. The highest BCUT2D eigenvalue weighted by Crippen LogP contribution is 2.36. The summed E-state index contributed by atoms with van der Waals surface area (Å²) in [6.45, 7) is 4.71. The van der Waals surface area contributed by atoms with E-state index in [4.69, 9.17) is 4.74 Å². The van der Waals surface area contributed by atoms with Crippen LogP contribution in [-0.4, -0.2) is 6.61 Å². The molecule has 5 heteroatoms.